The van der Waals surface area contributed by atoms with Crippen molar-refractivity contribution in [3.63, 3.8) is 0 Å². The van der Waals surface area contributed by atoms with E-state index < -0.39 is 29.9 Å². The molecule has 0 aliphatic carbocycles. The molecular formula is C18H14ClN5O3S. The Bertz CT molecular complexity index is 1120. The summed E-state index contributed by atoms with van der Waals surface area (Å²) in [5, 5.41) is 5.78. The summed E-state index contributed by atoms with van der Waals surface area (Å²) in [7, 11) is 0. The molecule has 2 N–H and O–H groups in total. The second-order valence-corrected chi connectivity index (χ2v) is 7.41. The molecule has 28 heavy (non-hydrogen) atoms. The Labute approximate surface area is 168 Å². The predicted octanol–water partition coefficient (Wildman–Crippen LogP) is 2.75. The molecule has 1 saturated heterocycles. The molecule has 4 rings (SSSR count). The lowest BCUT2D eigenvalue weighted by molar-refractivity contribution is -0.133. The normalized spacial score (nSPS) is 19.1. The number of halogens is 1. The fourth-order valence-electron chi connectivity index (χ4n) is 3.08. The minimum atomic E-state index is -1.29. The van der Waals surface area contributed by atoms with Crippen molar-refractivity contribution in [1.82, 2.24) is 19.0 Å². The van der Waals surface area contributed by atoms with Crippen LogP contribution in [0.3, 0.4) is 0 Å². The molecule has 2 heterocycles. The smallest absolute Gasteiger partial charge is 0.323 e. The van der Waals surface area contributed by atoms with Gasteiger partial charge in [-0.3, -0.25) is 14.5 Å². The SMILES string of the molecule is CC1(c2cccc(Cl)c2)NC(=O)N(CC(=O)Nc2cccc3nsnc23)C1=O. The number of rotatable bonds is 4. The number of aromatic nitrogens is 2. The molecule has 1 aromatic heterocycles. The highest BCUT2D eigenvalue weighted by molar-refractivity contribution is 7.00. The van der Waals surface area contributed by atoms with E-state index in [0.29, 0.717) is 27.3 Å². The monoisotopic (exact) mass is 415 g/mol. The first-order valence-corrected chi connectivity index (χ1v) is 9.40. The van der Waals surface area contributed by atoms with Gasteiger partial charge in [0.15, 0.2) is 0 Å². The van der Waals surface area contributed by atoms with Crippen molar-refractivity contribution in [1.29, 1.82) is 0 Å². The van der Waals surface area contributed by atoms with E-state index in [2.05, 4.69) is 19.4 Å². The third-order valence-corrected chi connectivity index (χ3v) is 5.32. The topological polar surface area (TPSA) is 104 Å². The van der Waals surface area contributed by atoms with Crippen LogP contribution in [-0.2, 0) is 15.1 Å². The predicted molar refractivity (Wildman–Crippen MR) is 105 cm³/mol. The summed E-state index contributed by atoms with van der Waals surface area (Å²) < 4.78 is 8.26. The van der Waals surface area contributed by atoms with Crippen LogP contribution in [-0.4, -0.2) is 38.0 Å². The number of benzene rings is 2. The molecule has 3 aromatic rings. The van der Waals surface area contributed by atoms with Gasteiger partial charge in [0.25, 0.3) is 5.91 Å². The van der Waals surface area contributed by atoms with Gasteiger partial charge in [-0.1, -0.05) is 29.8 Å². The zero-order valence-electron chi connectivity index (χ0n) is 14.6. The maximum absolute atomic E-state index is 12.9. The maximum atomic E-state index is 12.9. The lowest BCUT2D eigenvalue weighted by Crippen LogP contribution is -2.42. The van der Waals surface area contributed by atoms with Gasteiger partial charge in [-0.15, -0.1) is 0 Å². The maximum Gasteiger partial charge on any atom is 0.325 e. The molecule has 1 fully saturated rings. The number of hydrogen-bond donors (Lipinski definition) is 2. The van der Waals surface area contributed by atoms with E-state index in [1.54, 1.807) is 49.4 Å². The molecular weight excluding hydrogens is 402 g/mol. The largest absolute Gasteiger partial charge is 0.325 e. The second-order valence-electron chi connectivity index (χ2n) is 6.44. The van der Waals surface area contributed by atoms with Crippen molar-refractivity contribution in [2.75, 3.05) is 11.9 Å². The van der Waals surface area contributed by atoms with Crippen LogP contribution in [0.15, 0.2) is 42.5 Å². The molecule has 2 aromatic carbocycles. The Morgan fingerprint density at radius 2 is 2.04 bits per heavy atom. The average Bonchev–Trinajstić information content (AvgIpc) is 3.22. The standard InChI is InChI=1S/C18H14ClN5O3S/c1-18(10-4-2-5-11(19)8-10)16(26)24(17(27)21-18)9-14(25)20-12-6-3-7-13-15(12)23-28-22-13/h2-8H,9H2,1H3,(H,20,25)(H,21,27). The summed E-state index contributed by atoms with van der Waals surface area (Å²) >= 11 is 7.04. The van der Waals surface area contributed by atoms with Crippen LogP contribution < -0.4 is 10.6 Å². The van der Waals surface area contributed by atoms with Crippen LogP contribution in [0.25, 0.3) is 11.0 Å². The van der Waals surface area contributed by atoms with Crippen molar-refractivity contribution in [3.05, 3.63) is 53.1 Å². The van der Waals surface area contributed by atoms with Gasteiger partial charge in [-0.2, -0.15) is 8.75 Å². The van der Waals surface area contributed by atoms with Gasteiger partial charge in [-0.25, -0.2) is 4.79 Å². The highest BCUT2D eigenvalue weighted by atomic mass is 35.5. The number of imide groups is 1. The van der Waals surface area contributed by atoms with Crippen LogP contribution in [0, 0.1) is 0 Å². The molecule has 0 saturated carbocycles. The first-order valence-electron chi connectivity index (χ1n) is 8.30. The zero-order valence-corrected chi connectivity index (χ0v) is 16.2. The van der Waals surface area contributed by atoms with E-state index in [0.717, 1.165) is 16.6 Å². The minimum absolute atomic E-state index is 0.422. The summed E-state index contributed by atoms with van der Waals surface area (Å²) in [5.41, 5.74) is 0.940. The molecule has 4 amide bonds. The number of urea groups is 1. The number of nitrogens with one attached hydrogen (secondary N) is 2. The highest BCUT2D eigenvalue weighted by Gasteiger charge is 2.49. The fourth-order valence-corrected chi connectivity index (χ4v) is 3.82. The molecule has 0 radical (unpaired) electrons. The number of fused-ring (bicyclic) bond motifs is 1. The minimum Gasteiger partial charge on any atom is -0.323 e. The number of anilines is 1. The molecule has 142 valence electrons. The van der Waals surface area contributed by atoms with Crippen LogP contribution in [0.5, 0.6) is 0 Å². The Balaban J connectivity index is 1.53. The van der Waals surface area contributed by atoms with Crippen LogP contribution >= 0.6 is 23.3 Å². The van der Waals surface area contributed by atoms with Gasteiger partial charge in [0.05, 0.1) is 17.4 Å². The number of carbonyl (C=O) groups is 3. The molecule has 1 aliphatic heterocycles. The Morgan fingerprint density at radius 3 is 2.82 bits per heavy atom. The fraction of sp³-hybridized carbons (Fsp3) is 0.167. The van der Waals surface area contributed by atoms with Crippen LogP contribution in [0.2, 0.25) is 5.02 Å². The Kier molecular flexibility index (Phi) is 4.48. The third kappa shape index (κ3) is 3.08. The molecule has 0 bridgehead atoms. The molecule has 10 heteroatoms. The van der Waals surface area contributed by atoms with E-state index in [1.807, 2.05) is 0 Å². The Morgan fingerprint density at radius 1 is 1.25 bits per heavy atom. The summed E-state index contributed by atoms with van der Waals surface area (Å²) in [5.74, 6) is -1.04. The van der Waals surface area contributed by atoms with Crippen molar-refractivity contribution in [2.45, 2.75) is 12.5 Å². The molecule has 1 atom stereocenters. The quantitative estimate of drug-likeness (QED) is 0.637. The zero-order chi connectivity index (χ0) is 19.9. The number of hydrogen-bond acceptors (Lipinski definition) is 6. The first-order chi connectivity index (χ1) is 13.4. The van der Waals surface area contributed by atoms with Crippen molar-refractivity contribution >= 4 is 57.9 Å². The van der Waals surface area contributed by atoms with Crippen LogP contribution in [0.4, 0.5) is 10.5 Å². The van der Waals surface area contributed by atoms with E-state index in [4.69, 9.17) is 11.6 Å². The van der Waals surface area contributed by atoms with Gasteiger partial charge >= 0.3 is 6.03 Å². The lowest BCUT2D eigenvalue weighted by Gasteiger charge is -2.22. The van der Waals surface area contributed by atoms with E-state index in [1.165, 1.54) is 0 Å². The number of carbonyl (C=O) groups excluding carboxylic acids is 3. The summed E-state index contributed by atoms with van der Waals surface area (Å²) in [6, 6.07) is 11.2. The summed E-state index contributed by atoms with van der Waals surface area (Å²) in [4.78, 5) is 38.6. The number of nitrogens with zero attached hydrogens (tertiary/aromatic N) is 3. The van der Waals surface area contributed by atoms with E-state index in [-0.39, 0.29) is 0 Å². The Hall–Kier alpha value is -3.04. The van der Waals surface area contributed by atoms with Gasteiger partial charge in [0.2, 0.25) is 5.91 Å². The van der Waals surface area contributed by atoms with Crippen molar-refractivity contribution in [3.8, 4) is 0 Å². The molecule has 8 nitrogen and oxygen atoms in total. The van der Waals surface area contributed by atoms with E-state index >= 15 is 0 Å². The van der Waals surface area contributed by atoms with Crippen molar-refractivity contribution in [2.24, 2.45) is 0 Å². The van der Waals surface area contributed by atoms with Gasteiger partial charge in [0.1, 0.15) is 23.1 Å². The molecule has 1 aliphatic rings. The van der Waals surface area contributed by atoms with E-state index in [9.17, 15) is 14.4 Å². The van der Waals surface area contributed by atoms with Crippen molar-refractivity contribution < 1.29 is 14.4 Å². The first kappa shape index (κ1) is 18.3. The third-order valence-electron chi connectivity index (χ3n) is 4.54. The average molecular weight is 416 g/mol. The van der Waals surface area contributed by atoms with Crippen LogP contribution in [0.1, 0.15) is 12.5 Å². The van der Waals surface area contributed by atoms with Gasteiger partial charge < -0.3 is 10.6 Å². The lowest BCUT2D eigenvalue weighted by atomic mass is 9.92. The second kappa shape index (κ2) is 6.84. The molecule has 0 spiro atoms. The summed E-state index contributed by atoms with van der Waals surface area (Å²) in [6.07, 6.45) is 0. The van der Waals surface area contributed by atoms with Gasteiger partial charge in [0, 0.05) is 5.02 Å². The highest BCUT2D eigenvalue weighted by Crippen LogP contribution is 2.30. The van der Waals surface area contributed by atoms with Gasteiger partial charge in [-0.05, 0) is 36.8 Å². The summed E-state index contributed by atoms with van der Waals surface area (Å²) in [6.45, 7) is 1.16. The molecule has 1 unspecified atom stereocenters. The number of amides is 4.